The molecule has 108 valence electrons. The number of rotatable bonds is 5. The van der Waals surface area contributed by atoms with Crippen molar-refractivity contribution in [1.82, 2.24) is 10.2 Å². The summed E-state index contributed by atoms with van der Waals surface area (Å²) in [6.45, 7) is 7.76. The van der Waals surface area contributed by atoms with Gasteiger partial charge in [0.1, 0.15) is 5.84 Å². The van der Waals surface area contributed by atoms with Crippen molar-refractivity contribution in [2.45, 2.75) is 39.2 Å². The van der Waals surface area contributed by atoms with Gasteiger partial charge in [-0.1, -0.05) is 19.4 Å². The highest BCUT2D eigenvalue weighted by Gasteiger charge is 2.40. The highest BCUT2D eigenvalue weighted by atomic mass is 16.1. The molecule has 1 saturated heterocycles. The molecule has 0 aromatic heterocycles. The number of carbonyl (C=O) groups excluding carboxylic acids is 1. The number of nitrogens with zero attached hydrogens (tertiary/aromatic N) is 1. The number of hydrogen-bond donors (Lipinski definition) is 3. The zero-order valence-corrected chi connectivity index (χ0v) is 12.4. The third kappa shape index (κ3) is 3.56. The number of amidine groups is 1. The SMILES string of the molecule is CCC1CN(C(=N)/C(=C\CNC)C(N)=O)C(C)(C)C1. The first kappa shape index (κ1) is 15.7. The molecule has 0 saturated carbocycles. The van der Waals surface area contributed by atoms with Crippen molar-refractivity contribution in [3.63, 3.8) is 0 Å². The lowest BCUT2D eigenvalue weighted by Crippen LogP contribution is -2.45. The van der Waals surface area contributed by atoms with Crippen LogP contribution >= 0.6 is 0 Å². The maximum Gasteiger partial charge on any atom is 0.252 e. The van der Waals surface area contributed by atoms with Crippen LogP contribution in [-0.2, 0) is 4.79 Å². The number of carbonyl (C=O) groups is 1. The fourth-order valence-corrected chi connectivity index (χ4v) is 2.72. The lowest BCUT2D eigenvalue weighted by atomic mass is 9.95. The van der Waals surface area contributed by atoms with Crippen LogP contribution in [0.25, 0.3) is 0 Å². The summed E-state index contributed by atoms with van der Waals surface area (Å²) < 4.78 is 0. The number of nitrogens with one attached hydrogen (secondary N) is 2. The van der Waals surface area contributed by atoms with E-state index in [2.05, 4.69) is 26.1 Å². The quantitative estimate of drug-likeness (QED) is 0.396. The first-order valence-electron chi connectivity index (χ1n) is 6.84. The molecule has 0 aliphatic carbocycles. The summed E-state index contributed by atoms with van der Waals surface area (Å²) in [7, 11) is 1.80. The largest absolute Gasteiger partial charge is 0.365 e. The Hall–Kier alpha value is -1.36. The Morgan fingerprint density at radius 2 is 2.21 bits per heavy atom. The van der Waals surface area contributed by atoms with Gasteiger partial charge in [-0.05, 0) is 33.2 Å². The Kier molecular flexibility index (Phi) is 5.11. The number of primary amides is 1. The summed E-state index contributed by atoms with van der Waals surface area (Å²) in [6.07, 6.45) is 3.84. The van der Waals surface area contributed by atoms with Crippen LogP contribution < -0.4 is 11.1 Å². The van der Waals surface area contributed by atoms with Gasteiger partial charge in [0.15, 0.2) is 0 Å². The van der Waals surface area contributed by atoms with Crippen LogP contribution in [0.3, 0.4) is 0 Å². The van der Waals surface area contributed by atoms with Gasteiger partial charge >= 0.3 is 0 Å². The van der Waals surface area contributed by atoms with Gasteiger partial charge in [-0.25, -0.2) is 0 Å². The van der Waals surface area contributed by atoms with Crippen LogP contribution in [0.4, 0.5) is 0 Å². The van der Waals surface area contributed by atoms with Gasteiger partial charge in [-0.2, -0.15) is 0 Å². The predicted molar refractivity (Wildman–Crippen MR) is 78.1 cm³/mol. The van der Waals surface area contributed by atoms with Crippen LogP contribution in [-0.4, -0.2) is 42.3 Å². The number of nitrogens with two attached hydrogens (primary N) is 1. The molecule has 1 aliphatic rings. The molecule has 1 rings (SSSR count). The molecular formula is C14H26N4O. The molecule has 0 aromatic carbocycles. The molecular weight excluding hydrogens is 240 g/mol. The van der Waals surface area contributed by atoms with E-state index in [-0.39, 0.29) is 11.4 Å². The van der Waals surface area contributed by atoms with Crippen LogP contribution in [0.5, 0.6) is 0 Å². The van der Waals surface area contributed by atoms with Crippen LogP contribution in [0.2, 0.25) is 0 Å². The second kappa shape index (κ2) is 6.19. The zero-order chi connectivity index (χ0) is 14.6. The van der Waals surface area contributed by atoms with E-state index < -0.39 is 5.91 Å². The minimum absolute atomic E-state index is 0.0913. The minimum atomic E-state index is -0.531. The smallest absolute Gasteiger partial charge is 0.252 e. The molecule has 4 N–H and O–H groups in total. The molecule has 1 aliphatic heterocycles. The molecule has 1 unspecified atom stereocenters. The third-order valence-electron chi connectivity index (χ3n) is 3.84. The van der Waals surface area contributed by atoms with E-state index in [1.165, 1.54) is 0 Å². The molecule has 19 heavy (non-hydrogen) atoms. The van der Waals surface area contributed by atoms with Crippen molar-refractivity contribution in [2.24, 2.45) is 11.7 Å². The van der Waals surface area contributed by atoms with Gasteiger partial charge in [0.25, 0.3) is 5.91 Å². The predicted octanol–water partition coefficient (Wildman–Crippen LogP) is 1.11. The number of likely N-dealkylation sites (N-methyl/N-ethyl adjacent to an activating group) is 1. The molecule has 1 heterocycles. The summed E-state index contributed by atoms with van der Waals surface area (Å²) in [6, 6.07) is 0. The Bertz CT molecular complexity index is 387. The van der Waals surface area contributed by atoms with Crippen molar-refractivity contribution in [1.29, 1.82) is 5.41 Å². The van der Waals surface area contributed by atoms with E-state index in [1.807, 2.05) is 4.90 Å². The van der Waals surface area contributed by atoms with Crippen LogP contribution in [0.15, 0.2) is 11.6 Å². The van der Waals surface area contributed by atoms with Crippen molar-refractivity contribution in [3.8, 4) is 0 Å². The Morgan fingerprint density at radius 3 is 2.63 bits per heavy atom. The van der Waals surface area contributed by atoms with E-state index >= 15 is 0 Å². The maximum absolute atomic E-state index is 11.5. The van der Waals surface area contributed by atoms with Crippen molar-refractivity contribution < 1.29 is 4.79 Å². The van der Waals surface area contributed by atoms with Gasteiger partial charge in [-0.15, -0.1) is 0 Å². The van der Waals surface area contributed by atoms with Crippen molar-refractivity contribution in [2.75, 3.05) is 20.1 Å². The molecule has 0 spiro atoms. The summed E-state index contributed by atoms with van der Waals surface area (Å²) in [4.78, 5) is 13.5. The average Bonchev–Trinajstić information content (AvgIpc) is 2.64. The van der Waals surface area contributed by atoms with E-state index in [0.29, 0.717) is 18.0 Å². The molecule has 0 radical (unpaired) electrons. The van der Waals surface area contributed by atoms with E-state index in [9.17, 15) is 4.79 Å². The Balaban J connectivity index is 2.94. The van der Waals surface area contributed by atoms with E-state index in [0.717, 1.165) is 19.4 Å². The molecule has 1 fully saturated rings. The molecule has 1 atom stereocenters. The van der Waals surface area contributed by atoms with Gasteiger partial charge in [0, 0.05) is 18.6 Å². The summed E-state index contributed by atoms with van der Waals surface area (Å²) >= 11 is 0. The fraction of sp³-hybridized carbons (Fsp3) is 0.714. The second-order valence-corrected chi connectivity index (χ2v) is 5.79. The van der Waals surface area contributed by atoms with Crippen molar-refractivity contribution in [3.05, 3.63) is 11.6 Å². The first-order valence-corrected chi connectivity index (χ1v) is 6.84. The number of amides is 1. The molecule has 0 bridgehead atoms. The van der Waals surface area contributed by atoms with Gasteiger partial charge in [0.05, 0.1) is 5.57 Å². The van der Waals surface area contributed by atoms with Gasteiger partial charge < -0.3 is 16.0 Å². The molecule has 0 aromatic rings. The molecule has 5 heteroatoms. The number of likely N-dealkylation sites (tertiary alicyclic amines) is 1. The maximum atomic E-state index is 11.5. The average molecular weight is 266 g/mol. The second-order valence-electron chi connectivity index (χ2n) is 5.79. The van der Waals surface area contributed by atoms with Crippen LogP contribution in [0.1, 0.15) is 33.6 Å². The van der Waals surface area contributed by atoms with Crippen molar-refractivity contribution >= 4 is 11.7 Å². The lowest BCUT2D eigenvalue weighted by Gasteiger charge is -2.34. The normalized spacial score (nSPS) is 22.6. The standard InChI is InChI=1S/C14H26N4O/c1-5-10-8-14(2,3)18(9-10)12(15)11(13(16)19)6-7-17-4/h6,10,15,17H,5,7-9H2,1-4H3,(H2,16,19)/b11-6+,15-12?. The molecule has 5 nitrogen and oxygen atoms in total. The number of hydrogen-bond acceptors (Lipinski definition) is 3. The minimum Gasteiger partial charge on any atom is -0.365 e. The topological polar surface area (TPSA) is 82.2 Å². The Labute approximate surface area is 115 Å². The van der Waals surface area contributed by atoms with E-state index in [1.54, 1.807) is 13.1 Å². The van der Waals surface area contributed by atoms with Gasteiger partial charge in [-0.3, -0.25) is 10.2 Å². The highest BCUT2D eigenvalue weighted by Crippen LogP contribution is 2.35. The summed E-state index contributed by atoms with van der Waals surface area (Å²) in [5.41, 5.74) is 5.61. The monoisotopic (exact) mass is 266 g/mol. The van der Waals surface area contributed by atoms with Crippen LogP contribution in [0, 0.1) is 11.3 Å². The fourth-order valence-electron chi connectivity index (χ4n) is 2.72. The summed E-state index contributed by atoms with van der Waals surface area (Å²) in [5, 5.41) is 11.2. The first-order chi connectivity index (χ1) is 8.83. The highest BCUT2D eigenvalue weighted by molar-refractivity contribution is 6.19. The lowest BCUT2D eigenvalue weighted by molar-refractivity contribution is -0.114. The zero-order valence-electron chi connectivity index (χ0n) is 12.4. The Morgan fingerprint density at radius 1 is 1.58 bits per heavy atom. The third-order valence-corrected chi connectivity index (χ3v) is 3.84. The van der Waals surface area contributed by atoms with E-state index in [4.69, 9.17) is 11.1 Å². The molecule has 1 amide bonds. The van der Waals surface area contributed by atoms with Gasteiger partial charge in [0.2, 0.25) is 0 Å². The summed E-state index contributed by atoms with van der Waals surface area (Å²) in [5.74, 6) is 0.300.